The first-order valence-corrected chi connectivity index (χ1v) is 3.95. The van der Waals surface area contributed by atoms with Crippen LogP contribution in [0.4, 0.5) is 0 Å². The molecule has 72 valence electrons. The fourth-order valence-corrected chi connectivity index (χ4v) is 0.722. The van der Waals surface area contributed by atoms with Crippen LogP contribution >= 0.6 is 0 Å². The lowest BCUT2D eigenvalue weighted by Gasteiger charge is -2.12. The van der Waals surface area contributed by atoms with Crippen LogP contribution in [-0.4, -0.2) is 36.5 Å². The van der Waals surface area contributed by atoms with E-state index in [0.29, 0.717) is 6.61 Å². The molecule has 12 heavy (non-hydrogen) atoms. The SMILES string of the molecule is CC(=O)OC(C)COCC(C)O. The lowest BCUT2D eigenvalue weighted by atomic mass is 10.4. The molecular formula is C8H16O4. The van der Waals surface area contributed by atoms with Gasteiger partial charge in [-0.1, -0.05) is 0 Å². The predicted molar refractivity (Wildman–Crippen MR) is 43.7 cm³/mol. The largest absolute Gasteiger partial charge is 0.460 e. The zero-order valence-corrected chi connectivity index (χ0v) is 7.74. The second-order valence-corrected chi connectivity index (χ2v) is 2.81. The Morgan fingerprint density at radius 1 is 1.42 bits per heavy atom. The maximum Gasteiger partial charge on any atom is 0.302 e. The molecule has 0 fully saturated rings. The summed E-state index contributed by atoms with van der Waals surface area (Å²) in [4.78, 5) is 10.4. The van der Waals surface area contributed by atoms with Gasteiger partial charge in [-0.05, 0) is 13.8 Å². The molecule has 0 aliphatic heterocycles. The van der Waals surface area contributed by atoms with Crippen LogP contribution in [0, 0.1) is 0 Å². The molecule has 2 atom stereocenters. The number of ether oxygens (including phenoxy) is 2. The van der Waals surface area contributed by atoms with E-state index < -0.39 is 6.10 Å². The summed E-state index contributed by atoms with van der Waals surface area (Å²) < 4.78 is 9.82. The number of esters is 1. The molecule has 0 aromatic heterocycles. The summed E-state index contributed by atoms with van der Waals surface area (Å²) >= 11 is 0. The van der Waals surface area contributed by atoms with Crippen molar-refractivity contribution in [1.82, 2.24) is 0 Å². The Hall–Kier alpha value is -0.610. The van der Waals surface area contributed by atoms with Gasteiger partial charge in [-0.2, -0.15) is 0 Å². The molecule has 0 saturated carbocycles. The Morgan fingerprint density at radius 2 is 2.00 bits per heavy atom. The number of hydrogen-bond donors (Lipinski definition) is 1. The highest BCUT2D eigenvalue weighted by atomic mass is 16.6. The number of carbonyl (C=O) groups excluding carboxylic acids is 1. The van der Waals surface area contributed by atoms with Crippen molar-refractivity contribution in [3.63, 3.8) is 0 Å². The first-order valence-electron chi connectivity index (χ1n) is 3.95. The molecule has 0 saturated heterocycles. The summed E-state index contributed by atoms with van der Waals surface area (Å²) in [6.07, 6.45) is -0.726. The van der Waals surface area contributed by atoms with Crippen molar-refractivity contribution in [3.8, 4) is 0 Å². The van der Waals surface area contributed by atoms with Crippen LogP contribution in [-0.2, 0) is 14.3 Å². The van der Waals surface area contributed by atoms with E-state index >= 15 is 0 Å². The molecule has 0 aromatic rings. The van der Waals surface area contributed by atoms with E-state index in [2.05, 4.69) is 0 Å². The predicted octanol–water partition coefficient (Wildman–Crippen LogP) is 0.335. The molecule has 2 unspecified atom stereocenters. The van der Waals surface area contributed by atoms with Gasteiger partial charge in [-0.15, -0.1) is 0 Å². The second kappa shape index (κ2) is 5.97. The van der Waals surface area contributed by atoms with Crippen LogP contribution in [0.15, 0.2) is 0 Å². The molecule has 0 amide bonds. The number of aliphatic hydroxyl groups excluding tert-OH is 1. The van der Waals surface area contributed by atoms with E-state index in [1.807, 2.05) is 0 Å². The number of rotatable bonds is 5. The summed E-state index contributed by atoms with van der Waals surface area (Å²) in [5.41, 5.74) is 0. The number of carbonyl (C=O) groups is 1. The molecule has 0 rings (SSSR count). The molecule has 0 aromatic carbocycles. The van der Waals surface area contributed by atoms with Gasteiger partial charge < -0.3 is 14.6 Å². The first kappa shape index (κ1) is 11.4. The van der Waals surface area contributed by atoms with Crippen LogP contribution in [0.3, 0.4) is 0 Å². The van der Waals surface area contributed by atoms with Crippen molar-refractivity contribution in [2.45, 2.75) is 33.0 Å². The van der Waals surface area contributed by atoms with Gasteiger partial charge in [0.05, 0.1) is 19.3 Å². The third-order valence-corrected chi connectivity index (χ3v) is 1.08. The molecule has 4 nitrogen and oxygen atoms in total. The quantitative estimate of drug-likeness (QED) is 0.613. The van der Waals surface area contributed by atoms with Crippen molar-refractivity contribution in [2.75, 3.05) is 13.2 Å². The summed E-state index contributed by atoms with van der Waals surface area (Å²) in [6, 6.07) is 0. The minimum absolute atomic E-state index is 0.249. The van der Waals surface area contributed by atoms with Gasteiger partial charge >= 0.3 is 5.97 Å². The van der Waals surface area contributed by atoms with Crippen LogP contribution < -0.4 is 0 Å². The van der Waals surface area contributed by atoms with E-state index in [4.69, 9.17) is 14.6 Å². The number of aliphatic hydroxyl groups is 1. The van der Waals surface area contributed by atoms with E-state index in [0.717, 1.165) is 0 Å². The summed E-state index contributed by atoms with van der Waals surface area (Å²) in [7, 11) is 0. The molecule has 0 aliphatic carbocycles. The molecule has 0 bridgehead atoms. The topological polar surface area (TPSA) is 55.8 Å². The third-order valence-electron chi connectivity index (χ3n) is 1.08. The standard InChI is InChI=1S/C8H16O4/c1-6(9)4-11-5-7(2)12-8(3)10/h6-7,9H,4-5H2,1-3H3. The van der Waals surface area contributed by atoms with Gasteiger partial charge in [0.1, 0.15) is 6.10 Å². The summed E-state index contributed by atoms with van der Waals surface area (Å²) in [6.45, 7) is 5.32. The Balaban J connectivity index is 3.31. The van der Waals surface area contributed by atoms with Crippen molar-refractivity contribution in [1.29, 1.82) is 0 Å². The zero-order chi connectivity index (χ0) is 9.56. The monoisotopic (exact) mass is 176 g/mol. The lowest BCUT2D eigenvalue weighted by molar-refractivity contribution is -0.148. The van der Waals surface area contributed by atoms with Crippen molar-refractivity contribution in [2.24, 2.45) is 0 Å². The van der Waals surface area contributed by atoms with Crippen LogP contribution in [0.25, 0.3) is 0 Å². The first-order chi connectivity index (χ1) is 5.52. The van der Waals surface area contributed by atoms with Gasteiger partial charge in [-0.3, -0.25) is 4.79 Å². The summed E-state index contributed by atoms with van der Waals surface area (Å²) in [5, 5.41) is 8.81. The smallest absolute Gasteiger partial charge is 0.302 e. The fraction of sp³-hybridized carbons (Fsp3) is 0.875. The minimum Gasteiger partial charge on any atom is -0.460 e. The maximum absolute atomic E-state index is 10.4. The van der Waals surface area contributed by atoms with Crippen molar-refractivity contribution >= 4 is 5.97 Å². The van der Waals surface area contributed by atoms with Crippen LogP contribution in [0.5, 0.6) is 0 Å². The molecule has 0 aliphatic rings. The Bertz CT molecular complexity index is 133. The van der Waals surface area contributed by atoms with Crippen LogP contribution in [0.1, 0.15) is 20.8 Å². The third kappa shape index (κ3) is 7.50. The Morgan fingerprint density at radius 3 is 2.42 bits per heavy atom. The van der Waals surface area contributed by atoms with Gasteiger partial charge in [-0.25, -0.2) is 0 Å². The Kier molecular flexibility index (Phi) is 5.66. The Labute approximate surface area is 72.5 Å². The van der Waals surface area contributed by atoms with Gasteiger partial charge in [0, 0.05) is 6.92 Å². The van der Waals surface area contributed by atoms with E-state index in [1.165, 1.54) is 6.92 Å². The van der Waals surface area contributed by atoms with E-state index in [9.17, 15) is 4.79 Å². The van der Waals surface area contributed by atoms with Crippen LogP contribution in [0.2, 0.25) is 0 Å². The molecule has 0 radical (unpaired) electrons. The average molecular weight is 176 g/mol. The van der Waals surface area contributed by atoms with Gasteiger partial charge in [0.2, 0.25) is 0 Å². The van der Waals surface area contributed by atoms with Crippen molar-refractivity contribution < 1.29 is 19.4 Å². The fourth-order valence-electron chi connectivity index (χ4n) is 0.722. The average Bonchev–Trinajstić information content (AvgIpc) is 1.84. The maximum atomic E-state index is 10.4. The highest BCUT2D eigenvalue weighted by Gasteiger charge is 2.05. The van der Waals surface area contributed by atoms with Crippen molar-refractivity contribution in [3.05, 3.63) is 0 Å². The molecular weight excluding hydrogens is 160 g/mol. The molecule has 1 N–H and O–H groups in total. The molecule has 4 heteroatoms. The normalized spacial score (nSPS) is 15.3. The minimum atomic E-state index is -0.477. The van der Waals surface area contributed by atoms with E-state index in [1.54, 1.807) is 13.8 Å². The van der Waals surface area contributed by atoms with E-state index in [-0.39, 0.29) is 18.7 Å². The zero-order valence-electron chi connectivity index (χ0n) is 7.74. The van der Waals surface area contributed by atoms with Gasteiger partial charge in [0.15, 0.2) is 0 Å². The number of hydrogen-bond acceptors (Lipinski definition) is 4. The molecule has 0 heterocycles. The highest BCUT2D eigenvalue weighted by Crippen LogP contribution is 1.93. The molecule has 0 spiro atoms. The summed E-state index contributed by atoms with van der Waals surface area (Å²) in [5.74, 6) is -0.317. The second-order valence-electron chi connectivity index (χ2n) is 2.81. The van der Waals surface area contributed by atoms with Gasteiger partial charge in [0.25, 0.3) is 0 Å². The lowest BCUT2D eigenvalue weighted by Crippen LogP contribution is -2.21. The highest BCUT2D eigenvalue weighted by molar-refractivity contribution is 5.66.